The normalized spacial score (nSPS) is 11.8. The fourth-order valence-electron chi connectivity index (χ4n) is 3.45. The van der Waals surface area contributed by atoms with Crippen molar-refractivity contribution >= 4 is 38.3 Å². The Kier molecular flexibility index (Phi) is 7.32. The van der Waals surface area contributed by atoms with E-state index in [1.165, 1.54) is 24.4 Å². The Labute approximate surface area is 217 Å². The van der Waals surface area contributed by atoms with Crippen LogP contribution in [0, 0.1) is 15.5 Å². The van der Waals surface area contributed by atoms with Gasteiger partial charge in [-0.1, -0.05) is 26.0 Å². The van der Waals surface area contributed by atoms with E-state index < -0.39 is 36.9 Å². The van der Waals surface area contributed by atoms with Gasteiger partial charge in [0.2, 0.25) is 0 Å². The molecule has 0 saturated carbocycles. The number of fused-ring (bicyclic) bond motifs is 1. The molecule has 198 valence electrons. The molecule has 0 bridgehead atoms. The molecule has 38 heavy (non-hydrogen) atoms. The molecule has 0 atom stereocenters. The monoisotopic (exact) mass is 539 g/mol. The van der Waals surface area contributed by atoms with Gasteiger partial charge < -0.3 is 20.1 Å². The van der Waals surface area contributed by atoms with Crippen molar-refractivity contribution in [2.24, 2.45) is 5.41 Å². The molecule has 4 rings (SSSR count). The quantitative estimate of drug-likeness (QED) is 0.172. The lowest BCUT2D eigenvalue weighted by Gasteiger charge is -2.22. The van der Waals surface area contributed by atoms with E-state index >= 15 is 0 Å². The smallest absolute Gasteiger partial charge is 0.293 e. The number of nitrogens with zero attached hydrogens (tertiary/aromatic N) is 2. The largest absolute Gasteiger partial charge is 0.455 e. The molecule has 2 aromatic heterocycles. The van der Waals surface area contributed by atoms with E-state index in [-0.39, 0.29) is 30.2 Å². The van der Waals surface area contributed by atoms with Gasteiger partial charge in [0.1, 0.15) is 22.8 Å². The number of anilines is 1. The topological polar surface area (TPSA) is 177 Å². The zero-order valence-electron chi connectivity index (χ0n) is 20.5. The van der Waals surface area contributed by atoms with Gasteiger partial charge in [-0.05, 0) is 36.4 Å². The van der Waals surface area contributed by atoms with Gasteiger partial charge in [0.05, 0.1) is 21.6 Å². The molecule has 0 unspecified atom stereocenters. The Hall–Kier alpha value is -4.49. The molecular formula is C25H25N5O7S. The molecule has 4 N–H and O–H groups in total. The first kappa shape index (κ1) is 26.6. The number of rotatable bonds is 10. The van der Waals surface area contributed by atoms with Crippen LogP contribution in [0.2, 0.25) is 0 Å². The van der Waals surface area contributed by atoms with E-state index in [0.717, 1.165) is 17.5 Å². The minimum atomic E-state index is -4.48. The van der Waals surface area contributed by atoms with Crippen LogP contribution in [-0.2, 0) is 10.0 Å². The van der Waals surface area contributed by atoms with E-state index in [4.69, 9.17) is 4.74 Å². The minimum Gasteiger partial charge on any atom is -0.455 e. The lowest BCUT2D eigenvalue weighted by molar-refractivity contribution is -0.384. The summed E-state index contributed by atoms with van der Waals surface area (Å²) in [7, 11) is -4.48. The van der Waals surface area contributed by atoms with Crippen LogP contribution in [0.3, 0.4) is 0 Å². The van der Waals surface area contributed by atoms with Crippen LogP contribution in [0.5, 0.6) is 11.5 Å². The third-order valence-electron chi connectivity index (χ3n) is 5.62. The number of nitrogens with one attached hydrogen (secondary N) is 3. The molecule has 0 aliphatic rings. The number of hydrogen-bond donors (Lipinski definition) is 4. The van der Waals surface area contributed by atoms with Crippen molar-refractivity contribution in [1.29, 1.82) is 0 Å². The van der Waals surface area contributed by atoms with Gasteiger partial charge in [0.15, 0.2) is 0 Å². The number of nitro benzene ring substituents is 1. The van der Waals surface area contributed by atoms with Gasteiger partial charge in [-0.2, -0.15) is 0 Å². The first-order valence-corrected chi connectivity index (χ1v) is 12.9. The highest BCUT2D eigenvalue weighted by atomic mass is 32.2. The van der Waals surface area contributed by atoms with Gasteiger partial charge in [0, 0.05) is 36.2 Å². The molecule has 0 saturated heterocycles. The summed E-state index contributed by atoms with van der Waals surface area (Å²) < 4.78 is 33.7. The fourth-order valence-corrected chi connectivity index (χ4v) is 4.44. The summed E-state index contributed by atoms with van der Waals surface area (Å²) >= 11 is 0. The summed E-state index contributed by atoms with van der Waals surface area (Å²) in [6.07, 6.45) is 3.18. The molecule has 0 aliphatic heterocycles. The van der Waals surface area contributed by atoms with Crippen LogP contribution in [0.4, 0.5) is 11.4 Å². The molecule has 2 heterocycles. The van der Waals surface area contributed by atoms with E-state index in [0.29, 0.717) is 11.4 Å². The summed E-state index contributed by atoms with van der Waals surface area (Å²) in [4.78, 5) is 30.6. The van der Waals surface area contributed by atoms with Gasteiger partial charge in [-0.25, -0.2) is 18.1 Å². The number of ether oxygens (including phenoxy) is 1. The molecular weight excluding hydrogens is 514 g/mol. The van der Waals surface area contributed by atoms with Gasteiger partial charge >= 0.3 is 0 Å². The number of aromatic nitrogens is 2. The Morgan fingerprint density at radius 3 is 2.68 bits per heavy atom. The molecule has 2 aromatic carbocycles. The van der Waals surface area contributed by atoms with Gasteiger partial charge in [-0.15, -0.1) is 0 Å². The second-order valence-electron chi connectivity index (χ2n) is 9.23. The number of H-pyrrole nitrogens is 1. The number of nitro groups is 1. The number of benzene rings is 2. The van der Waals surface area contributed by atoms with Crippen molar-refractivity contribution in [3.63, 3.8) is 0 Å². The van der Waals surface area contributed by atoms with E-state index in [1.807, 2.05) is 4.72 Å². The zero-order valence-corrected chi connectivity index (χ0v) is 21.3. The van der Waals surface area contributed by atoms with Crippen molar-refractivity contribution < 1.29 is 28.0 Å². The van der Waals surface area contributed by atoms with Crippen LogP contribution in [-0.4, -0.2) is 47.5 Å². The third-order valence-corrected chi connectivity index (χ3v) is 6.95. The molecule has 0 spiro atoms. The van der Waals surface area contributed by atoms with Crippen molar-refractivity contribution in [3.8, 4) is 11.5 Å². The first-order chi connectivity index (χ1) is 18.0. The van der Waals surface area contributed by atoms with Crippen LogP contribution in [0.25, 0.3) is 11.0 Å². The van der Waals surface area contributed by atoms with Crippen molar-refractivity contribution in [2.75, 3.05) is 18.5 Å². The standard InChI is InChI=1S/C25H25N5O7S/c1-25(2,15-31)14-28-20-8-7-18(12-21(20)30(33)34)38(35,36)29-24(32)19-5-3-4-6-22(19)37-17-11-16-9-10-26-23(16)27-13-17/h3-13,28,31H,14-15H2,1-2H3,(H,26,27)(H,29,32). The van der Waals surface area contributed by atoms with E-state index in [1.54, 1.807) is 44.3 Å². The number of amides is 1. The highest BCUT2D eigenvalue weighted by molar-refractivity contribution is 7.90. The molecule has 1 amide bonds. The number of pyridine rings is 1. The molecule has 0 fully saturated rings. The summed E-state index contributed by atoms with van der Waals surface area (Å²) in [5.74, 6) is -0.553. The maximum atomic E-state index is 13.0. The number of carbonyl (C=O) groups excluding carboxylic acids is 1. The maximum Gasteiger partial charge on any atom is 0.293 e. The van der Waals surface area contributed by atoms with Crippen molar-refractivity contribution in [2.45, 2.75) is 18.7 Å². The number of aliphatic hydroxyl groups excluding tert-OH is 1. The highest BCUT2D eigenvalue weighted by Crippen LogP contribution is 2.30. The third kappa shape index (κ3) is 5.90. The van der Waals surface area contributed by atoms with Gasteiger partial charge in [-0.3, -0.25) is 14.9 Å². The second-order valence-corrected chi connectivity index (χ2v) is 10.9. The van der Waals surface area contributed by atoms with Crippen LogP contribution >= 0.6 is 0 Å². The SMILES string of the molecule is CC(C)(CO)CNc1ccc(S(=O)(=O)NC(=O)c2ccccc2Oc2cnc3[nH]ccc3c2)cc1[N+](=O)[O-]. The minimum absolute atomic E-state index is 0.0655. The van der Waals surface area contributed by atoms with Crippen molar-refractivity contribution in [3.05, 3.63) is 82.7 Å². The summed E-state index contributed by atoms with van der Waals surface area (Å²) in [5.41, 5.74) is -0.393. The van der Waals surface area contributed by atoms with E-state index in [2.05, 4.69) is 15.3 Å². The molecule has 13 heteroatoms. The Morgan fingerprint density at radius 1 is 1.18 bits per heavy atom. The number of aliphatic hydroxyl groups is 1. The van der Waals surface area contributed by atoms with Crippen LogP contribution in [0.15, 0.2) is 71.9 Å². The number of aromatic amines is 1. The number of para-hydroxylation sites is 1. The summed E-state index contributed by atoms with van der Waals surface area (Å²) in [5, 5.41) is 24.7. The van der Waals surface area contributed by atoms with E-state index in [9.17, 15) is 28.4 Å². The summed E-state index contributed by atoms with van der Waals surface area (Å²) in [6, 6.07) is 12.8. The summed E-state index contributed by atoms with van der Waals surface area (Å²) in [6.45, 7) is 3.57. The zero-order chi connectivity index (χ0) is 27.5. The highest BCUT2D eigenvalue weighted by Gasteiger charge is 2.26. The first-order valence-electron chi connectivity index (χ1n) is 11.4. The molecule has 4 aromatic rings. The predicted octanol–water partition coefficient (Wildman–Crippen LogP) is 3.81. The van der Waals surface area contributed by atoms with Gasteiger partial charge in [0.25, 0.3) is 21.6 Å². The Bertz CT molecular complexity index is 1620. The van der Waals surface area contributed by atoms with Crippen molar-refractivity contribution in [1.82, 2.24) is 14.7 Å². The number of hydrogen-bond acceptors (Lipinski definition) is 9. The number of carbonyl (C=O) groups is 1. The second kappa shape index (κ2) is 10.5. The molecule has 12 nitrogen and oxygen atoms in total. The Morgan fingerprint density at radius 2 is 1.95 bits per heavy atom. The maximum absolute atomic E-state index is 13.0. The van der Waals surface area contributed by atoms with Crippen LogP contribution in [0.1, 0.15) is 24.2 Å². The lowest BCUT2D eigenvalue weighted by Crippen LogP contribution is -2.31. The Balaban J connectivity index is 1.56. The lowest BCUT2D eigenvalue weighted by atomic mass is 9.95. The number of sulfonamides is 1. The average Bonchev–Trinajstić information content (AvgIpc) is 3.35. The molecule has 0 aliphatic carbocycles. The molecule has 0 radical (unpaired) electrons. The predicted molar refractivity (Wildman–Crippen MR) is 140 cm³/mol. The fraction of sp³-hybridized carbons (Fsp3) is 0.200. The average molecular weight is 540 g/mol. The van der Waals surface area contributed by atoms with Crippen LogP contribution < -0.4 is 14.8 Å².